The second-order valence-electron chi connectivity index (χ2n) is 3.08. The van der Waals surface area contributed by atoms with Crippen LogP contribution in [0.3, 0.4) is 0 Å². The highest BCUT2D eigenvalue weighted by Gasteiger charge is 2.04. The predicted octanol–water partition coefficient (Wildman–Crippen LogP) is 2.47. The van der Waals surface area contributed by atoms with Crippen LogP contribution in [0.2, 0.25) is 0 Å². The van der Waals surface area contributed by atoms with Crippen LogP contribution >= 0.6 is 15.9 Å². The molecule has 0 aliphatic carbocycles. The van der Waals surface area contributed by atoms with Crippen LogP contribution in [0, 0.1) is 6.92 Å². The fraction of sp³-hybridized carbons (Fsp3) is 0.200. The molecule has 72 valence electrons. The Labute approximate surface area is 90.9 Å². The Morgan fingerprint density at radius 3 is 3.00 bits per heavy atom. The van der Waals surface area contributed by atoms with Gasteiger partial charge in [-0.2, -0.15) is 5.10 Å². The second kappa shape index (κ2) is 3.92. The molecule has 0 spiro atoms. The van der Waals surface area contributed by atoms with Gasteiger partial charge in [0.15, 0.2) is 5.82 Å². The van der Waals surface area contributed by atoms with E-state index in [0.29, 0.717) is 0 Å². The molecule has 0 bridgehead atoms. The van der Waals surface area contributed by atoms with Gasteiger partial charge >= 0.3 is 0 Å². The quantitative estimate of drug-likeness (QED) is 0.768. The van der Waals surface area contributed by atoms with Crippen molar-refractivity contribution in [1.82, 2.24) is 14.8 Å². The van der Waals surface area contributed by atoms with Crippen molar-refractivity contribution >= 4 is 15.9 Å². The summed E-state index contributed by atoms with van der Waals surface area (Å²) < 4.78 is 1.80. The summed E-state index contributed by atoms with van der Waals surface area (Å²) in [6.45, 7) is 2.01. The van der Waals surface area contributed by atoms with Gasteiger partial charge in [0.2, 0.25) is 0 Å². The van der Waals surface area contributed by atoms with Crippen LogP contribution in [0.15, 0.2) is 30.7 Å². The van der Waals surface area contributed by atoms with Gasteiger partial charge in [-0.3, -0.25) is 0 Å². The van der Waals surface area contributed by atoms with Crippen molar-refractivity contribution in [2.24, 2.45) is 0 Å². The standard InChI is InChI=1S/C10H10BrN3/c1-8-6-13-14(7-8)10-9(5-11)3-2-4-12-10/h2-4,6-7H,5H2,1H3. The van der Waals surface area contributed by atoms with E-state index in [1.807, 2.05) is 31.5 Å². The van der Waals surface area contributed by atoms with Gasteiger partial charge in [-0.1, -0.05) is 22.0 Å². The Hall–Kier alpha value is -1.16. The van der Waals surface area contributed by atoms with Crippen molar-refractivity contribution in [3.8, 4) is 5.82 Å². The average molecular weight is 252 g/mol. The lowest BCUT2D eigenvalue weighted by Gasteiger charge is -2.04. The SMILES string of the molecule is Cc1cnn(-c2ncccc2CBr)c1. The van der Waals surface area contributed by atoms with Crippen LogP contribution in [-0.2, 0) is 5.33 Å². The molecule has 4 heteroatoms. The summed E-state index contributed by atoms with van der Waals surface area (Å²) in [5, 5.41) is 5.01. The molecule has 0 amide bonds. The van der Waals surface area contributed by atoms with Crippen molar-refractivity contribution in [1.29, 1.82) is 0 Å². The number of alkyl halides is 1. The normalized spacial score (nSPS) is 10.4. The van der Waals surface area contributed by atoms with Crippen LogP contribution in [0.4, 0.5) is 0 Å². The highest BCUT2D eigenvalue weighted by atomic mass is 79.9. The minimum Gasteiger partial charge on any atom is -0.237 e. The number of pyridine rings is 1. The van der Waals surface area contributed by atoms with Gasteiger partial charge in [0, 0.05) is 23.3 Å². The van der Waals surface area contributed by atoms with E-state index in [0.717, 1.165) is 22.3 Å². The number of hydrogen-bond acceptors (Lipinski definition) is 2. The Bertz CT molecular complexity index is 436. The summed E-state index contributed by atoms with van der Waals surface area (Å²) >= 11 is 3.43. The van der Waals surface area contributed by atoms with E-state index in [9.17, 15) is 0 Å². The number of aryl methyl sites for hydroxylation is 1. The highest BCUT2D eigenvalue weighted by molar-refractivity contribution is 9.08. The van der Waals surface area contributed by atoms with Crippen LogP contribution in [0.25, 0.3) is 5.82 Å². The maximum atomic E-state index is 4.30. The van der Waals surface area contributed by atoms with Crippen LogP contribution in [0.5, 0.6) is 0 Å². The Morgan fingerprint density at radius 2 is 2.36 bits per heavy atom. The van der Waals surface area contributed by atoms with Gasteiger partial charge in [-0.25, -0.2) is 9.67 Å². The highest BCUT2D eigenvalue weighted by Crippen LogP contribution is 2.13. The molecule has 2 heterocycles. The van der Waals surface area contributed by atoms with Crippen LogP contribution in [0.1, 0.15) is 11.1 Å². The van der Waals surface area contributed by atoms with E-state index in [1.165, 1.54) is 0 Å². The molecule has 0 saturated carbocycles. The summed E-state index contributed by atoms with van der Waals surface area (Å²) in [6.07, 6.45) is 5.57. The summed E-state index contributed by atoms with van der Waals surface area (Å²) in [6, 6.07) is 3.96. The molecule has 3 nitrogen and oxygen atoms in total. The Balaban J connectivity index is 2.50. The summed E-state index contributed by atoms with van der Waals surface area (Å²) in [5.74, 6) is 0.887. The molecule has 0 fully saturated rings. The monoisotopic (exact) mass is 251 g/mol. The lowest BCUT2D eigenvalue weighted by atomic mass is 10.3. The molecule has 2 aromatic heterocycles. The zero-order chi connectivity index (χ0) is 9.97. The fourth-order valence-electron chi connectivity index (χ4n) is 1.27. The number of halogens is 1. The summed E-state index contributed by atoms with van der Waals surface area (Å²) in [7, 11) is 0. The van der Waals surface area contributed by atoms with Gasteiger partial charge < -0.3 is 0 Å². The van der Waals surface area contributed by atoms with Crippen LogP contribution < -0.4 is 0 Å². The number of hydrogen-bond donors (Lipinski definition) is 0. The van der Waals surface area contributed by atoms with E-state index in [1.54, 1.807) is 10.9 Å². The van der Waals surface area contributed by atoms with Crippen molar-refractivity contribution in [3.63, 3.8) is 0 Å². The first-order chi connectivity index (χ1) is 6.81. The molecule has 0 saturated heterocycles. The number of nitrogens with zero attached hydrogens (tertiary/aromatic N) is 3. The smallest absolute Gasteiger partial charge is 0.157 e. The minimum atomic E-state index is 0.787. The molecular formula is C10H10BrN3. The molecule has 0 unspecified atom stereocenters. The number of aromatic nitrogens is 3. The molecule has 2 aromatic rings. The van der Waals surface area contributed by atoms with E-state index in [2.05, 4.69) is 26.0 Å². The molecule has 14 heavy (non-hydrogen) atoms. The van der Waals surface area contributed by atoms with Gasteiger partial charge in [-0.05, 0) is 18.6 Å². The van der Waals surface area contributed by atoms with E-state index < -0.39 is 0 Å². The molecule has 0 N–H and O–H groups in total. The summed E-state index contributed by atoms with van der Waals surface area (Å²) in [4.78, 5) is 4.30. The topological polar surface area (TPSA) is 30.7 Å². The van der Waals surface area contributed by atoms with E-state index in [4.69, 9.17) is 0 Å². The third-order valence-electron chi connectivity index (χ3n) is 1.94. The average Bonchev–Trinajstić information content (AvgIpc) is 2.65. The largest absolute Gasteiger partial charge is 0.237 e. The first kappa shape index (κ1) is 9.40. The second-order valence-corrected chi connectivity index (χ2v) is 3.64. The van der Waals surface area contributed by atoms with E-state index >= 15 is 0 Å². The predicted molar refractivity (Wildman–Crippen MR) is 58.7 cm³/mol. The first-order valence-corrected chi connectivity index (χ1v) is 5.45. The van der Waals surface area contributed by atoms with Crippen LogP contribution in [-0.4, -0.2) is 14.8 Å². The van der Waals surface area contributed by atoms with Crippen molar-refractivity contribution in [2.75, 3.05) is 0 Å². The zero-order valence-electron chi connectivity index (χ0n) is 7.81. The third kappa shape index (κ3) is 1.70. The minimum absolute atomic E-state index is 0.787. The third-order valence-corrected chi connectivity index (χ3v) is 2.54. The van der Waals surface area contributed by atoms with E-state index in [-0.39, 0.29) is 0 Å². The maximum Gasteiger partial charge on any atom is 0.157 e. The van der Waals surface area contributed by atoms with Gasteiger partial charge in [-0.15, -0.1) is 0 Å². The van der Waals surface area contributed by atoms with Gasteiger partial charge in [0.1, 0.15) is 0 Å². The molecular weight excluding hydrogens is 242 g/mol. The summed E-state index contributed by atoms with van der Waals surface area (Å²) in [5.41, 5.74) is 2.27. The molecule has 0 aliphatic rings. The van der Waals surface area contributed by atoms with Crippen molar-refractivity contribution in [2.45, 2.75) is 12.3 Å². The van der Waals surface area contributed by atoms with Crippen molar-refractivity contribution < 1.29 is 0 Å². The zero-order valence-corrected chi connectivity index (χ0v) is 9.40. The Kier molecular flexibility index (Phi) is 2.63. The van der Waals surface area contributed by atoms with Gasteiger partial charge in [0.05, 0.1) is 6.20 Å². The molecule has 0 atom stereocenters. The molecule has 2 rings (SSSR count). The first-order valence-electron chi connectivity index (χ1n) is 4.33. The molecule has 0 aromatic carbocycles. The molecule has 0 aliphatic heterocycles. The lowest BCUT2D eigenvalue weighted by Crippen LogP contribution is -2.01. The maximum absolute atomic E-state index is 4.30. The van der Waals surface area contributed by atoms with Crippen molar-refractivity contribution in [3.05, 3.63) is 41.9 Å². The Morgan fingerprint density at radius 1 is 1.50 bits per heavy atom. The van der Waals surface area contributed by atoms with Gasteiger partial charge in [0.25, 0.3) is 0 Å². The molecule has 0 radical (unpaired) electrons. The lowest BCUT2D eigenvalue weighted by molar-refractivity contribution is 0.836. The fourth-order valence-corrected chi connectivity index (χ4v) is 1.71. The number of rotatable bonds is 2.